The second-order valence-electron chi connectivity index (χ2n) is 5.69. The predicted octanol–water partition coefficient (Wildman–Crippen LogP) is 2.35. The number of hydrogen-bond donors (Lipinski definition) is 1. The Balaban J connectivity index is 4.27. The van der Waals surface area contributed by atoms with Gasteiger partial charge in [-0.05, 0) is 32.1 Å². The molecule has 0 aliphatic rings. The van der Waals surface area contributed by atoms with Crippen LogP contribution in [0, 0.1) is 11.8 Å². The Kier molecular flexibility index (Phi) is 8.20. The summed E-state index contributed by atoms with van der Waals surface area (Å²) in [5, 5.41) is 0. The number of carbonyl (C=O) groups excluding carboxylic acids is 1. The van der Waals surface area contributed by atoms with Gasteiger partial charge in [0.05, 0.1) is 6.10 Å². The first-order valence-corrected chi connectivity index (χ1v) is 6.83. The summed E-state index contributed by atoms with van der Waals surface area (Å²) in [7, 11) is 0. The second-order valence-corrected chi connectivity index (χ2v) is 5.69. The number of hydrogen-bond acceptors (Lipinski definition) is 4. The van der Waals surface area contributed by atoms with Crippen molar-refractivity contribution in [2.24, 2.45) is 17.6 Å². The maximum Gasteiger partial charge on any atom is 0.322 e. The van der Waals surface area contributed by atoms with Crippen molar-refractivity contribution >= 4 is 5.97 Å². The number of rotatable bonds is 8. The average molecular weight is 259 g/mol. The van der Waals surface area contributed by atoms with E-state index in [9.17, 15) is 4.79 Å². The summed E-state index contributed by atoms with van der Waals surface area (Å²) >= 11 is 0. The van der Waals surface area contributed by atoms with Crippen molar-refractivity contribution in [1.29, 1.82) is 0 Å². The maximum absolute atomic E-state index is 11.5. The Morgan fingerprint density at radius 3 is 2.06 bits per heavy atom. The van der Waals surface area contributed by atoms with Gasteiger partial charge in [0, 0.05) is 6.61 Å². The van der Waals surface area contributed by atoms with Crippen LogP contribution in [-0.4, -0.2) is 30.8 Å². The van der Waals surface area contributed by atoms with Gasteiger partial charge in [0.15, 0.2) is 0 Å². The Morgan fingerprint density at radius 2 is 1.67 bits per heavy atom. The molecule has 4 heteroatoms. The van der Waals surface area contributed by atoms with Crippen molar-refractivity contribution in [2.45, 2.75) is 66.2 Å². The molecule has 0 aliphatic carbocycles. The number of nitrogens with two attached hydrogens (primary N) is 1. The zero-order valence-corrected chi connectivity index (χ0v) is 12.6. The van der Waals surface area contributed by atoms with E-state index in [-0.39, 0.29) is 24.1 Å². The number of ether oxygens (including phenoxy) is 2. The third kappa shape index (κ3) is 6.97. The molecule has 4 nitrogen and oxygen atoms in total. The summed E-state index contributed by atoms with van der Waals surface area (Å²) in [6, 6.07) is -0.589. The first kappa shape index (κ1) is 17.4. The van der Waals surface area contributed by atoms with Crippen LogP contribution in [0.1, 0.15) is 48.0 Å². The lowest BCUT2D eigenvalue weighted by Crippen LogP contribution is -2.40. The molecule has 2 N–H and O–H groups in total. The molecule has 0 heterocycles. The van der Waals surface area contributed by atoms with E-state index in [4.69, 9.17) is 15.2 Å². The SMILES string of the molecule is CC(C)CCO[C@@H](C)[C@H](OC(=O)[C@H](C)N)C(C)C. The fraction of sp³-hybridized carbons (Fsp3) is 0.929. The summed E-state index contributed by atoms with van der Waals surface area (Å²) < 4.78 is 11.1. The largest absolute Gasteiger partial charge is 0.458 e. The van der Waals surface area contributed by atoms with E-state index in [1.807, 2.05) is 20.8 Å². The van der Waals surface area contributed by atoms with Gasteiger partial charge in [-0.1, -0.05) is 27.7 Å². The van der Waals surface area contributed by atoms with E-state index in [1.54, 1.807) is 6.92 Å². The smallest absolute Gasteiger partial charge is 0.322 e. The van der Waals surface area contributed by atoms with Crippen LogP contribution in [0.3, 0.4) is 0 Å². The van der Waals surface area contributed by atoms with Crippen molar-refractivity contribution in [3.8, 4) is 0 Å². The standard InChI is InChI=1S/C14H29NO3/c1-9(2)7-8-17-12(6)13(10(3)4)18-14(16)11(5)15/h9-13H,7-8,15H2,1-6H3/t11-,12-,13+/m0/s1. The summed E-state index contributed by atoms with van der Waals surface area (Å²) in [6.07, 6.45) is 0.665. The van der Waals surface area contributed by atoms with E-state index in [0.29, 0.717) is 12.5 Å². The van der Waals surface area contributed by atoms with Gasteiger partial charge in [0.2, 0.25) is 0 Å². The summed E-state index contributed by atoms with van der Waals surface area (Å²) in [5.74, 6) is 0.455. The van der Waals surface area contributed by atoms with Crippen LogP contribution in [0.15, 0.2) is 0 Å². The highest BCUT2D eigenvalue weighted by Crippen LogP contribution is 2.15. The molecule has 0 radical (unpaired) electrons. The van der Waals surface area contributed by atoms with Crippen LogP contribution < -0.4 is 5.73 Å². The van der Waals surface area contributed by atoms with E-state index >= 15 is 0 Å². The molecular weight excluding hydrogens is 230 g/mol. The third-order valence-electron chi connectivity index (χ3n) is 2.82. The molecule has 0 bridgehead atoms. The van der Waals surface area contributed by atoms with Crippen molar-refractivity contribution in [3.63, 3.8) is 0 Å². The van der Waals surface area contributed by atoms with Crippen molar-refractivity contribution < 1.29 is 14.3 Å². The van der Waals surface area contributed by atoms with Crippen LogP contribution in [0.4, 0.5) is 0 Å². The molecule has 0 unspecified atom stereocenters. The Morgan fingerprint density at radius 1 is 1.11 bits per heavy atom. The van der Waals surface area contributed by atoms with E-state index < -0.39 is 6.04 Å². The molecule has 0 amide bonds. The lowest BCUT2D eigenvalue weighted by Gasteiger charge is -2.28. The summed E-state index contributed by atoms with van der Waals surface area (Å²) in [6.45, 7) is 12.6. The first-order valence-electron chi connectivity index (χ1n) is 6.83. The van der Waals surface area contributed by atoms with Gasteiger partial charge >= 0.3 is 5.97 Å². The maximum atomic E-state index is 11.5. The van der Waals surface area contributed by atoms with Gasteiger partial charge in [-0.25, -0.2) is 0 Å². The summed E-state index contributed by atoms with van der Waals surface area (Å²) in [4.78, 5) is 11.5. The van der Waals surface area contributed by atoms with E-state index in [1.165, 1.54) is 0 Å². The second kappa shape index (κ2) is 8.48. The van der Waals surface area contributed by atoms with Gasteiger partial charge in [-0.15, -0.1) is 0 Å². The quantitative estimate of drug-likeness (QED) is 0.680. The fourth-order valence-corrected chi connectivity index (χ4v) is 1.60. The highest BCUT2D eigenvalue weighted by molar-refractivity contribution is 5.75. The molecule has 108 valence electrons. The average Bonchev–Trinajstić information content (AvgIpc) is 2.23. The van der Waals surface area contributed by atoms with E-state index in [2.05, 4.69) is 13.8 Å². The number of esters is 1. The predicted molar refractivity (Wildman–Crippen MR) is 73.2 cm³/mol. The zero-order valence-electron chi connectivity index (χ0n) is 12.6. The third-order valence-corrected chi connectivity index (χ3v) is 2.82. The molecule has 0 rings (SSSR count). The zero-order chi connectivity index (χ0) is 14.3. The molecule has 0 saturated heterocycles. The van der Waals surface area contributed by atoms with Gasteiger partial charge < -0.3 is 15.2 Å². The number of carbonyl (C=O) groups is 1. The Bertz CT molecular complexity index is 239. The molecule has 0 spiro atoms. The highest BCUT2D eigenvalue weighted by atomic mass is 16.6. The van der Waals surface area contributed by atoms with Crippen LogP contribution in [0.5, 0.6) is 0 Å². The Hall–Kier alpha value is -0.610. The highest BCUT2D eigenvalue weighted by Gasteiger charge is 2.26. The van der Waals surface area contributed by atoms with Crippen molar-refractivity contribution in [3.05, 3.63) is 0 Å². The van der Waals surface area contributed by atoms with Gasteiger partial charge in [-0.3, -0.25) is 4.79 Å². The molecule has 18 heavy (non-hydrogen) atoms. The van der Waals surface area contributed by atoms with Crippen LogP contribution in [0.2, 0.25) is 0 Å². The van der Waals surface area contributed by atoms with Crippen LogP contribution in [-0.2, 0) is 14.3 Å². The molecule has 3 atom stereocenters. The van der Waals surface area contributed by atoms with Crippen molar-refractivity contribution in [2.75, 3.05) is 6.61 Å². The minimum atomic E-state index is -0.589. The van der Waals surface area contributed by atoms with Crippen molar-refractivity contribution in [1.82, 2.24) is 0 Å². The molecule has 0 fully saturated rings. The Labute approximate surface area is 111 Å². The van der Waals surface area contributed by atoms with E-state index in [0.717, 1.165) is 6.42 Å². The topological polar surface area (TPSA) is 61.5 Å². The molecule has 0 aliphatic heterocycles. The molecule has 0 aromatic rings. The summed E-state index contributed by atoms with van der Waals surface area (Å²) in [5.41, 5.74) is 5.51. The van der Waals surface area contributed by atoms with Gasteiger partial charge in [-0.2, -0.15) is 0 Å². The van der Waals surface area contributed by atoms with Gasteiger partial charge in [0.1, 0.15) is 12.1 Å². The monoisotopic (exact) mass is 259 g/mol. The first-order chi connectivity index (χ1) is 8.25. The van der Waals surface area contributed by atoms with Gasteiger partial charge in [0.25, 0.3) is 0 Å². The minimum Gasteiger partial charge on any atom is -0.458 e. The lowest BCUT2D eigenvalue weighted by atomic mass is 10.0. The molecular formula is C14H29NO3. The fourth-order valence-electron chi connectivity index (χ4n) is 1.60. The van der Waals surface area contributed by atoms with Crippen LogP contribution >= 0.6 is 0 Å². The van der Waals surface area contributed by atoms with Crippen LogP contribution in [0.25, 0.3) is 0 Å². The molecule has 0 saturated carbocycles. The normalized spacial score (nSPS) is 16.7. The molecule has 0 aromatic carbocycles. The molecule has 0 aromatic heterocycles. The lowest BCUT2D eigenvalue weighted by molar-refractivity contribution is -0.162. The minimum absolute atomic E-state index is 0.105.